The molecule has 0 bridgehead atoms. The van der Waals surface area contributed by atoms with Crippen LogP contribution in [0.5, 0.6) is 0 Å². The number of aromatic amines is 1. The zero-order valence-corrected chi connectivity index (χ0v) is 10.2. The van der Waals surface area contributed by atoms with E-state index in [1.807, 2.05) is 0 Å². The van der Waals surface area contributed by atoms with Crippen LogP contribution in [-0.2, 0) is 4.79 Å². The summed E-state index contributed by atoms with van der Waals surface area (Å²) in [6.07, 6.45) is 0.365. The first-order valence-corrected chi connectivity index (χ1v) is 5.37. The van der Waals surface area contributed by atoms with Crippen molar-refractivity contribution in [2.75, 3.05) is 12.4 Å². The number of nitrogens with one attached hydrogen (secondary N) is 3. The quantitative estimate of drug-likeness (QED) is 0.322. The molecule has 0 aromatic carbocycles. The van der Waals surface area contributed by atoms with Gasteiger partial charge in [0.05, 0.1) is 0 Å². The fourth-order valence-corrected chi connectivity index (χ4v) is 1.34. The average molecular weight is 258 g/mol. The van der Waals surface area contributed by atoms with Gasteiger partial charge in [-0.3, -0.25) is 9.59 Å². The first-order chi connectivity index (χ1) is 8.01. The number of carbonyl (C=O) groups is 2. The third-order valence-corrected chi connectivity index (χ3v) is 2.32. The molecule has 1 rings (SSSR count). The van der Waals surface area contributed by atoms with Crippen LogP contribution in [0.2, 0.25) is 0 Å². The van der Waals surface area contributed by atoms with E-state index in [0.29, 0.717) is 6.41 Å². The Morgan fingerprint density at radius 3 is 2.82 bits per heavy atom. The first-order valence-electron chi connectivity index (χ1n) is 4.85. The Morgan fingerprint density at radius 1 is 1.71 bits per heavy atom. The number of hydrogen-bond donors (Lipinski definition) is 4. The summed E-state index contributed by atoms with van der Waals surface area (Å²) < 4.78 is 13.6. The third-order valence-electron chi connectivity index (χ3n) is 2.06. The number of rotatable bonds is 5. The normalized spacial score (nSPS) is 11.8. The van der Waals surface area contributed by atoms with Crippen LogP contribution < -0.4 is 16.4 Å². The minimum Gasteiger partial charge on any atom is -0.354 e. The first kappa shape index (κ1) is 13.6. The van der Waals surface area contributed by atoms with Gasteiger partial charge in [-0.05, 0) is 0 Å². The molecule has 0 fully saturated rings. The summed E-state index contributed by atoms with van der Waals surface area (Å²) >= 11 is 3.95. The molecule has 0 aliphatic carbocycles. The van der Waals surface area contributed by atoms with E-state index in [2.05, 4.69) is 33.2 Å². The molecule has 3 N–H and O–H groups in total. The average Bonchev–Trinajstić information content (AvgIpc) is 2.71. The van der Waals surface area contributed by atoms with E-state index in [4.69, 9.17) is 0 Å². The third kappa shape index (κ3) is 2.99. The van der Waals surface area contributed by atoms with E-state index in [0.717, 1.165) is 0 Å². The molecule has 0 radical (unpaired) electrons. The Morgan fingerprint density at radius 2 is 2.35 bits per heavy atom. The summed E-state index contributed by atoms with van der Waals surface area (Å²) in [6, 6.07) is 0. The molecule has 1 atom stereocenters. The summed E-state index contributed by atoms with van der Waals surface area (Å²) in [4.78, 5) is 28.1. The highest BCUT2D eigenvalue weighted by molar-refractivity contribution is 7.82. The Labute approximate surface area is 103 Å². The number of halogens is 1. The van der Waals surface area contributed by atoms with Gasteiger partial charge in [-0.1, -0.05) is 6.92 Å². The Kier molecular flexibility index (Phi) is 4.56. The molecule has 0 saturated carbocycles. The second-order valence-electron chi connectivity index (χ2n) is 3.33. The fourth-order valence-electron chi connectivity index (χ4n) is 1.20. The molecular weight excluding hydrogens is 246 g/mol. The molecule has 17 heavy (non-hydrogen) atoms. The molecule has 92 valence electrons. The Balaban J connectivity index is 3.11. The molecule has 0 aliphatic rings. The lowest BCUT2D eigenvalue weighted by atomic mass is 9.67. The second-order valence-corrected chi connectivity index (χ2v) is 4.14. The van der Waals surface area contributed by atoms with Crippen molar-refractivity contribution in [3.63, 3.8) is 0 Å². The predicted molar refractivity (Wildman–Crippen MR) is 66.6 cm³/mol. The van der Waals surface area contributed by atoms with E-state index < -0.39 is 18.0 Å². The second kappa shape index (κ2) is 5.71. The molecule has 1 unspecified atom stereocenters. The number of nitrogens with zero attached hydrogens (tertiary/aromatic N) is 1. The standard InChI is InChI=1S/C8H12BFN4O2S/c1-4(17)9(10)8-13-5(7(16)11-2)6(14-8)12-3-15/h3-4,17H,1-2H3,(H,11,16)(H,12,15)(H,13,14). The number of amides is 2. The monoisotopic (exact) mass is 258 g/mol. The van der Waals surface area contributed by atoms with Gasteiger partial charge in [0.15, 0.2) is 5.82 Å². The van der Waals surface area contributed by atoms with Crippen molar-refractivity contribution in [2.24, 2.45) is 0 Å². The summed E-state index contributed by atoms with van der Waals surface area (Å²) in [7, 11) is 1.42. The number of hydrogen-bond acceptors (Lipinski definition) is 4. The van der Waals surface area contributed by atoms with Crippen LogP contribution in [0.1, 0.15) is 17.4 Å². The van der Waals surface area contributed by atoms with Gasteiger partial charge in [0, 0.05) is 12.2 Å². The van der Waals surface area contributed by atoms with Crippen molar-refractivity contribution < 1.29 is 13.9 Å². The lowest BCUT2D eigenvalue weighted by molar-refractivity contribution is -0.105. The van der Waals surface area contributed by atoms with Crippen molar-refractivity contribution >= 4 is 43.5 Å². The minimum absolute atomic E-state index is 0.00577. The molecule has 2 amide bonds. The lowest BCUT2D eigenvalue weighted by Crippen LogP contribution is -2.37. The minimum atomic E-state index is -1.45. The SMILES string of the molecule is CNC(=O)c1[nH]c(B(F)C(C)S)nc1NC=O. The van der Waals surface area contributed by atoms with E-state index >= 15 is 0 Å². The van der Waals surface area contributed by atoms with Crippen LogP contribution in [0.15, 0.2) is 0 Å². The highest BCUT2D eigenvalue weighted by Gasteiger charge is 2.28. The molecule has 0 saturated heterocycles. The molecule has 0 spiro atoms. The molecule has 1 aromatic heterocycles. The van der Waals surface area contributed by atoms with Crippen LogP contribution in [-0.4, -0.2) is 41.5 Å². The Hall–Kier alpha value is -1.51. The van der Waals surface area contributed by atoms with Crippen LogP contribution in [0.3, 0.4) is 0 Å². The van der Waals surface area contributed by atoms with Gasteiger partial charge in [-0.15, -0.1) is 0 Å². The highest BCUT2D eigenvalue weighted by atomic mass is 32.1. The Bertz CT molecular complexity index is 426. The highest BCUT2D eigenvalue weighted by Crippen LogP contribution is 2.09. The summed E-state index contributed by atoms with van der Waals surface area (Å²) in [5.41, 5.74) is -0.0401. The van der Waals surface area contributed by atoms with Gasteiger partial charge in [0.25, 0.3) is 5.91 Å². The number of H-pyrrole nitrogens is 1. The van der Waals surface area contributed by atoms with Crippen molar-refractivity contribution in [1.29, 1.82) is 0 Å². The zero-order valence-electron chi connectivity index (χ0n) is 9.32. The summed E-state index contributed by atoms with van der Waals surface area (Å²) in [5.74, 6) is -0.502. The largest absolute Gasteiger partial charge is 0.431 e. The van der Waals surface area contributed by atoms with Gasteiger partial charge >= 0.3 is 6.99 Å². The maximum Gasteiger partial charge on any atom is 0.431 e. The van der Waals surface area contributed by atoms with Gasteiger partial charge in [0.2, 0.25) is 6.41 Å². The van der Waals surface area contributed by atoms with Gasteiger partial charge in [0.1, 0.15) is 11.4 Å². The topological polar surface area (TPSA) is 86.9 Å². The van der Waals surface area contributed by atoms with Crippen LogP contribution in [0, 0.1) is 0 Å². The van der Waals surface area contributed by atoms with Crippen molar-refractivity contribution in [2.45, 2.75) is 12.1 Å². The van der Waals surface area contributed by atoms with Crippen molar-refractivity contribution in [3.05, 3.63) is 5.69 Å². The van der Waals surface area contributed by atoms with E-state index in [1.165, 1.54) is 7.05 Å². The van der Waals surface area contributed by atoms with Crippen LogP contribution >= 0.6 is 12.6 Å². The maximum absolute atomic E-state index is 13.6. The molecule has 1 aromatic rings. The molecule has 6 nitrogen and oxygen atoms in total. The van der Waals surface area contributed by atoms with E-state index in [-0.39, 0.29) is 17.2 Å². The predicted octanol–water partition coefficient (Wildman–Crippen LogP) is -0.637. The summed E-state index contributed by atoms with van der Waals surface area (Å²) in [6.45, 7) is 0.104. The summed E-state index contributed by atoms with van der Waals surface area (Å²) in [5, 5.41) is 4.00. The zero-order chi connectivity index (χ0) is 13.0. The fraction of sp³-hybridized carbons (Fsp3) is 0.375. The van der Waals surface area contributed by atoms with Gasteiger partial charge in [-0.2, -0.15) is 12.6 Å². The number of carbonyl (C=O) groups excluding carboxylic acids is 2. The van der Waals surface area contributed by atoms with Crippen LogP contribution in [0.4, 0.5) is 10.1 Å². The molecule has 0 aliphatic heterocycles. The van der Waals surface area contributed by atoms with Gasteiger partial charge < -0.3 is 19.9 Å². The molecule has 9 heteroatoms. The van der Waals surface area contributed by atoms with Crippen molar-refractivity contribution in [1.82, 2.24) is 15.3 Å². The molecule has 1 heterocycles. The number of anilines is 1. The van der Waals surface area contributed by atoms with Gasteiger partial charge in [-0.25, -0.2) is 4.98 Å². The maximum atomic E-state index is 13.6. The molecular formula is C8H12BFN4O2S. The van der Waals surface area contributed by atoms with Crippen LogP contribution in [0.25, 0.3) is 0 Å². The smallest absolute Gasteiger partial charge is 0.354 e. The van der Waals surface area contributed by atoms with Crippen molar-refractivity contribution in [3.8, 4) is 0 Å². The lowest BCUT2D eigenvalue weighted by Gasteiger charge is -2.02. The van der Waals surface area contributed by atoms with E-state index in [1.54, 1.807) is 6.92 Å². The number of thiol groups is 1. The number of imidazole rings is 1. The number of aromatic nitrogens is 2. The van der Waals surface area contributed by atoms with E-state index in [9.17, 15) is 13.9 Å².